The summed E-state index contributed by atoms with van der Waals surface area (Å²) in [5, 5.41) is 10.6. The Labute approximate surface area is 295 Å². The van der Waals surface area contributed by atoms with Gasteiger partial charge < -0.3 is 9.73 Å². The Balaban J connectivity index is 1.22. The molecular formula is C47H31N3O. The lowest BCUT2D eigenvalue weighted by Gasteiger charge is -2.25. The van der Waals surface area contributed by atoms with Crippen molar-refractivity contribution in [1.82, 2.24) is 5.32 Å². The molecule has 1 unspecified atom stereocenters. The third kappa shape index (κ3) is 5.17. The van der Waals surface area contributed by atoms with Gasteiger partial charge >= 0.3 is 0 Å². The summed E-state index contributed by atoms with van der Waals surface area (Å²) in [4.78, 5) is 10.7. The zero-order valence-electron chi connectivity index (χ0n) is 27.6. The fraction of sp³-hybridized carbons (Fsp3) is 0.0213. The van der Waals surface area contributed by atoms with Gasteiger partial charge in [-0.25, -0.2) is 9.98 Å². The van der Waals surface area contributed by atoms with Gasteiger partial charge in [-0.15, -0.1) is 0 Å². The highest BCUT2D eigenvalue weighted by Gasteiger charge is 2.27. The summed E-state index contributed by atoms with van der Waals surface area (Å²) in [6, 6.07) is 61.7. The van der Waals surface area contributed by atoms with E-state index in [1.807, 2.05) is 12.1 Å². The summed E-state index contributed by atoms with van der Waals surface area (Å²) in [5.74, 6) is 1.44. The zero-order valence-corrected chi connectivity index (χ0v) is 27.6. The molecule has 0 fully saturated rings. The van der Waals surface area contributed by atoms with Crippen LogP contribution in [0.5, 0.6) is 0 Å². The van der Waals surface area contributed by atoms with Gasteiger partial charge in [0.25, 0.3) is 0 Å². The number of benzene rings is 8. The number of nitrogens with zero attached hydrogens (tertiary/aromatic N) is 2. The average molecular weight is 654 g/mol. The van der Waals surface area contributed by atoms with Gasteiger partial charge in [0.2, 0.25) is 0 Å². The average Bonchev–Trinajstić information content (AvgIpc) is 3.59. The van der Waals surface area contributed by atoms with Crippen molar-refractivity contribution >= 4 is 55.2 Å². The van der Waals surface area contributed by atoms with Crippen molar-refractivity contribution in [1.29, 1.82) is 0 Å². The van der Waals surface area contributed by atoms with E-state index < -0.39 is 0 Å². The Morgan fingerprint density at radius 1 is 0.471 bits per heavy atom. The van der Waals surface area contributed by atoms with Crippen LogP contribution in [-0.4, -0.2) is 11.7 Å². The predicted octanol–water partition coefficient (Wildman–Crippen LogP) is 11.7. The molecule has 0 spiro atoms. The molecule has 1 aromatic heterocycles. The van der Waals surface area contributed by atoms with Gasteiger partial charge in [-0.3, -0.25) is 0 Å². The van der Waals surface area contributed by atoms with E-state index in [-0.39, 0.29) is 6.17 Å². The molecule has 8 aromatic carbocycles. The minimum Gasteiger partial charge on any atom is -0.456 e. The van der Waals surface area contributed by atoms with E-state index >= 15 is 0 Å². The highest BCUT2D eigenvalue weighted by atomic mass is 16.3. The number of nitrogens with one attached hydrogen (secondary N) is 1. The highest BCUT2D eigenvalue weighted by molar-refractivity contribution is 6.25. The van der Waals surface area contributed by atoms with Crippen molar-refractivity contribution in [3.8, 4) is 22.3 Å². The van der Waals surface area contributed by atoms with Crippen molar-refractivity contribution in [3.05, 3.63) is 193 Å². The number of fused-ring (bicyclic) bond motifs is 5. The first kappa shape index (κ1) is 29.2. The number of aliphatic imine (C=N–C) groups is 2. The van der Waals surface area contributed by atoms with Gasteiger partial charge in [-0.2, -0.15) is 0 Å². The van der Waals surface area contributed by atoms with Crippen LogP contribution in [0.4, 0.5) is 0 Å². The van der Waals surface area contributed by atoms with E-state index in [9.17, 15) is 0 Å². The maximum absolute atomic E-state index is 6.47. The fourth-order valence-corrected chi connectivity index (χ4v) is 7.38. The Bertz CT molecular complexity index is 2850. The van der Waals surface area contributed by atoms with Crippen molar-refractivity contribution < 1.29 is 4.42 Å². The molecule has 240 valence electrons. The molecule has 4 heteroatoms. The zero-order chi connectivity index (χ0) is 33.7. The van der Waals surface area contributed by atoms with Gasteiger partial charge in [0.15, 0.2) is 5.84 Å². The molecule has 9 aromatic rings. The van der Waals surface area contributed by atoms with Gasteiger partial charge in [-0.05, 0) is 85.8 Å². The Morgan fingerprint density at radius 3 is 2.00 bits per heavy atom. The molecule has 0 aliphatic carbocycles. The second kappa shape index (κ2) is 12.0. The molecule has 0 bridgehead atoms. The van der Waals surface area contributed by atoms with E-state index in [0.29, 0.717) is 5.84 Å². The molecule has 4 nitrogen and oxygen atoms in total. The van der Waals surface area contributed by atoms with E-state index in [1.165, 1.54) is 21.7 Å². The van der Waals surface area contributed by atoms with Crippen LogP contribution < -0.4 is 5.32 Å². The van der Waals surface area contributed by atoms with E-state index in [4.69, 9.17) is 14.4 Å². The van der Waals surface area contributed by atoms with Crippen molar-refractivity contribution in [2.24, 2.45) is 9.98 Å². The third-order valence-corrected chi connectivity index (χ3v) is 9.90. The van der Waals surface area contributed by atoms with Gasteiger partial charge in [0.05, 0.1) is 0 Å². The van der Waals surface area contributed by atoms with Crippen LogP contribution in [0.2, 0.25) is 0 Å². The maximum Gasteiger partial charge on any atom is 0.159 e. The van der Waals surface area contributed by atoms with Crippen LogP contribution in [0.3, 0.4) is 0 Å². The molecule has 0 amide bonds. The summed E-state index contributed by atoms with van der Waals surface area (Å²) in [7, 11) is 0. The molecule has 0 saturated carbocycles. The number of para-hydroxylation sites is 1. The van der Waals surface area contributed by atoms with Crippen molar-refractivity contribution in [3.63, 3.8) is 0 Å². The number of amidine groups is 2. The summed E-state index contributed by atoms with van der Waals surface area (Å²) >= 11 is 0. The van der Waals surface area contributed by atoms with Crippen LogP contribution in [0.1, 0.15) is 22.9 Å². The SMILES string of the molecule is c1ccc(-c2cccc(-c3ccc4oc5ccccc5c4c3C3=NC(c4ccc5ccccc5c4)=NC(c4ccc5ccccc5c4)N3)c2)cc1. The highest BCUT2D eigenvalue weighted by Crippen LogP contribution is 2.39. The lowest BCUT2D eigenvalue weighted by Crippen LogP contribution is -2.34. The first-order valence-electron chi connectivity index (χ1n) is 17.3. The lowest BCUT2D eigenvalue weighted by molar-refractivity contribution is 0.668. The quantitative estimate of drug-likeness (QED) is 0.201. The third-order valence-electron chi connectivity index (χ3n) is 9.90. The first-order chi connectivity index (χ1) is 25.2. The van der Waals surface area contributed by atoms with E-state index in [0.717, 1.165) is 66.5 Å². The molecule has 0 radical (unpaired) electrons. The predicted molar refractivity (Wildman–Crippen MR) is 211 cm³/mol. The van der Waals surface area contributed by atoms with Crippen LogP contribution in [0.15, 0.2) is 190 Å². The normalized spacial score (nSPS) is 14.5. The van der Waals surface area contributed by atoms with Crippen LogP contribution >= 0.6 is 0 Å². The van der Waals surface area contributed by atoms with Crippen LogP contribution in [0.25, 0.3) is 65.7 Å². The van der Waals surface area contributed by atoms with Gasteiger partial charge in [0.1, 0.15) is 23.2 Å². The largest absolute Gasteiger partial charge is 0.456 e. The number of hydrogen-bond donors (Lipinski definition) is 1. The Morgan fingerprint density at radius 2 is 1.16 bits per heavy atom. The molecule has 0 saturated heterocycles. The summed E-state index contributed by atoms with van der Waals surface area (Å²) < 4.78 is 6.47. The minimum atomic E-state index is -0.375. The van der Waals surface area contributed by atoms with Gasteiger partial charge in [0, 0.05) is 21.9 Å². The molecule has 1 aliphatic rings. The molecule has 1 atom stereocenters. The van der Waals surface area contributed by atoms with Gasteiger partial charge in [-0.1, -0.05) is 140 Å². The molecule has 51 heavy (non-hydrogen) atoms. The standard InChI is InChI=1S/C47H31N3O/c1-2-11-30(12-3-1)35-17-10-18-36(27-35)39-25-26-42-43(40-19-8-9-20-41(40)51-42)44(39)47-49-45(37-23-21-31-13-4-6-15-33(31)28-37)48-46(50-47)38-24-22-32-14-5-7-16-34(32)29-38/h1-29,45H,(H,48,49,50). The van der Waals surface area contributed by atoms with Crippen LogP contribution in [-0.2, 0) is 0 Å². The molecule has 2 heterocycles. The second-order valence-corrected chi connectivity index (χ2v) is 13.0. The summed E-state index contributed by atoms with van der Waals surface area (Å²) in [6.45, 7) is 0. The molecule has 1 aliphatic heterocycles. The van der Waals surface area contributed by atoms with Crippen molar-refractivity contribution in [2.75, 3.05) is 0 Å². The summed E-state index contributed by atoms with van der Waals surface area (Å²) in [6.07, 6.45) is -0.375. The molecule has 10 rings (SSSR count). The van der Waals surface area contributed by atoms with E-state index in [1.54, 1.807) is 0 Å². The monoisotopic (exact) mass is 653 g/mol. The number of rotatable bonds is 5. The maximum atomic E-state index is 6.47. The number of furan rings is 1. The van der Waals surface area contributed by atoms with E-state index in [2.05, 4.69) is 169 Å². The topological polar surface area (TPSA) is 49.9 Å². The second-order valence-electron chi connectivity index (χ2n) is 13.0. The van der Waals surface area contributed by atoms with Crippen LogP contribution in [0, 0.1) is 0 Å². The fourth-order valence-electron chi connectivity index (χ4n) is 7.38. The molecular weight excluding hydrogens is 623 g/mol. The Kier molecular flexibility index (Phi) is 6.85. The smallest absolute Gasteiger partial charge is 0.159 e. The Hall–Kier alpha value is -6.78. The summed E-state index contributed by atoms with van der Waals surface area (Å²) in [5.41, 5.74) is 9.17. The van der Waals surface area contributed by atoms with Crippen molar-refractivity contribution in [2.45, 2.75) is 6.17 Å². The molecule has 1 N–H and O–H groups in total. The minimum absolute atomic E-state index is 0.375. The number of hydrogen-bond acceptors (Lipinski definition) is 4. The lowest BCUT2D eigenvalue weighted by atomic mass is 9.92. The first-order valence-corrected chi connectivity index (χ1v) is 17.3.